The van der Waals surface area contributed by atoms with E-state index < -0.39 is 0 Å². The largest absolute Gasteiger partial charge is 0.399 e. The van der Waals surface area contributed by atoms with Crippen molar-refractivity contribution in [2.75, 3.05) is 31.2 Å². The van der Waals surface area contributed by atoms with Gasteiger partial charge in [-0.15, -0.1) is 0 Å². The number of carbonyl (C=O) groups excluding carboxylic acids is 1. The van der Waals surface area contributed by atoms with Gasteiger partial charge in [-0.3, -0.25) is 4.79 Å². The summed E-state index contributed by atoms with van der Waals surface area (Å²) < 4.78 is 0. The van der Waals surface area contributed by atoms with E-state index in [0.717, 1.165) is 19.0 Å². The first-order valence-electron chi connectivity index (χ1n) is 6.58. The number of hydrogen-bond acceptors (Lipinski definition) is 3. The van der Waals surface area contributed by atoms with E-state index in [1.807, 2.05) is 0 Å². The number of benzene rings is 1. The minimum atomic E-state index is -0.0191. The van der Waals surface area contributed by atoms with Crippen LogP contribution in [0, 0.1) is 5.92 Å². The zero-order chi connectivity index (χ0) is 13.8. The van der Waals surface area contributed by atoms with Crippen molar-refractivity contribution in [1.29, 1.82) is 0 Å². The maximum atomic E-state index is 11.8. The fourth-order valence-electron chi connectivity index (χ4n) is 1.97. The first-order chi connectivity index (χ1) is 9.04. The van der Waals surface area contributed by atoms with Crippen LogP contribution < -0.4 is 11.1 Å². The number of amides is 1. The summed E-state index contributed by atoms with van der Waals surface area (Å²) in [4.78, 5) is 14.0. The number of anilines is 2. The quantitative estimate of drug-likeness (QED) is 0.788. The van der Waals surface area contributed by atoms with E-state index in [9.17, 15) is 4.79 Å². The van der Waals surface area contributed by atoms with Gasteiger partial charge in [0.05, 0.1) is 10.7 Å². The zero-order valence-corrected chi connectivity index (χ0v) is 11.9. The Morgan fingerprint density at radius 3 is 2.89 bits per heavy atom. The van der Waals surface area contributed by atoms with Crippen molar-refractivity contribution in [2.45, 2.75) is 19.3 Å². The van der Waals surface area contributed by atoms with Gasteiger partial charge in [-0.2, -0.15) is 0 Å². The predicted octanol–water partition coefficient (Wildman–Crippen LogP) is 2.59. The monoisotopic (exact) mass is 281 g/mol. The van der Waals surface area contributed by atoms with Gasteiger partial charge in [-0.1, -0.05) is 11.6 Å². The summed E-state index contributed by atoms with van der Waals surface area (Å²) in [6, 6.07) is 5.08. The highest BCUT2D eigenvalue weighted by atomic mass is 35.5. The molecule has 1 aromatic carbocycles. The van der Waals surface area contributed by atoms with E-state index in [-0.39, 0.29) is 5.91 Å². The molecule has 0 unspecified atom stereocenters. The van der Waals surface area contributed by atoms with Crippen molar-refractivity contribution < 1.29 is 4.79 Å². The molecule has 1 aromatic rings. The maximum Gasteiger partial charge on any atom is 0.225 e. The molecule has 2 rings (SSSR count). The van der Waals surface area contributed by atoms with E-state index in [1.54, 1.807) is 18.2 Å². The molecule has 0 heterocycles. The van der Waals surface area contributed by atoms with Crippen LogP contribution in [0.3, 0.4) is 0 Å². The van der Waals surface area contributed by atoms with Crippen LogP contribution in [0.1, 0.15) is 19.3 Å². The third-order valence-corrected chi connectivity index (χ3v) is 3.57. The van der Waals surface area contributed by atoms with Crippen molar-refractivity contribution in [3.8, 4) is 0 Å². The summed E-state index contributed by atoms with van der Waals surface area (Å²) >= 11 is 6.01. The fraction of sp³-hybridized carbons (Fsp3) is 0.500. The number of halogens is 1. The highest BCUT2D eigenvalue weighted by molar-refractivity contribution is 6.34. The van der Waals surface area contributed by atoms with Gasteiger partial charge in [0, 0.05) is 25.2 Å². The van der Waals surface area contributed by atoms with Gasteiger partial charge in [0.15, 0.2) is 0 Å². The normalized spacial score (nSPS) is 14.7. The van der Waals surface area contributed by atoms with Crippen molar-refractivity contribution in [3.63, 3.8) is 0 Å². The molecular weight excluding hydrogens is 262 g/mol. The molecule has 19 heavy (non-hydrogen) atoms. The average molecular weight is 282 g/mol. The first-order valence-corrected chi connectivity index (χ1v) is 6.96. The van der Waals surface area contributed by atoms with Crippen molar-refractivity contribution in [2.24, 2.45) is 5.92 Å². The molecule has 0 aliphatic heterocycles. The number of hydrogen-bond donors (Lipinski definition) is 2. The summed E-state index contributed by atoms with van der Waals surface area (Å²) in [5, 5.41) is 3.28. The standard InChI is InChI=1S/C14H20ClN3O/c1-18(9-10-2-3-10)7-6-14(19)17-13-5-4-11(16)8-12(13)15/h4-5,8,10H,2-3,6-7,9,16H2,1H3,(H,17,19). The smallest absolute Gasteiger partial charge is 0.225 e. The van der Waals surface area contributed by atoms with E-state index in [1.165, 1.54) is 12.8 Å². The molecule has 0 saturated heterocycles. The number of nitrogens with one attached hydrogen (secondary N) is 1. The molecule has 0 bridgehead atoms. The van der Waals surface area contributed by atoms with Crippen LogP contribution in [-0.2, 0) is 4.79 Å². The summed E-state index contributed by atoms with van der Waals surface area (Å²) in [5.41, 5.74) is 6.81. The Bertz CT molecular complexity index is 460. The molecule has 4 nitrogen and oxygen atoms in total. The second-order valence-corrected chi connectivity index (χ2v) is 5.65. The third kappa shape index (κ3) is 4.73. The summed E-state index contributed by atoms with van der Waals surface area (Å²) in [7, 11) is 2.06. The highest BCUT2D eigenvalue weighted by Gasteiger charge is 2.22. The Hall–Kier alpha value is -1.26. The lowest BCUT2D eigenvalue weighted by Gasteiger charge is -2.15. The second kappa shape index (κ2) is 6.26. The number of nitrogen functional groups attached to an aromatic ring is 1. The van der Waals surface area contributed by atoms with E-state index in [4.69, 9.17) is 17.3 Å². The van der Waals surface area contributed by atoms with Gasteiger partial charge in [0.1, 0.15) is 0 Å². The number of nitrogens with zero attached hydrogens (tertiary/aromatic N) is 1. The van der Waals surface area contributed by atoms with Gasteiger partial charge >= 0.3 is 0 Å². The molecule has 5 heteroatoms. The summed E-state index contributed by atoms with van der Waals surface area (Å²) in [6.07, 6.45) is 3.14. The Morgan fingerprint density at radius 2 is 2.26 bits per heavy atom. The fourth-order valence-corrected chi connectivity index (χ4v) is 2.21. The Labute approximate surface area is 118 Å². The molecule has 0 atom stereocenters. The van der Waals surface area contributed by atoms with Crippen molar-refractivity contribution in [1.82, 2.24) is 4.90 Å². The molecule has 0 radical (unpaired) electrons. The average Bonchev–Trinajstić information content (AvgIpc) is 3.14. The molecule has 0 spiro atoms. The third-order valence-electron chi connectivity index (χ3n) is 3.25. The summed E-state index contributed by atoms with van der Waals surface area (Å²) in [6.45, 7) is 1.87. The van der Waals surface area contributed by atoms with Crippen LogP contribution in [0.15, 0.2) is 18.2 Å². The zero-order valence-electron chi connectivity index (χ0n) is 11.2. The molecule has 104 valence electrons. The molecular formula is C14H20ClN3O. The van der Waals surface area contributed by atoms with E-state index in [0.29, 0.717) is 22.8 Å². The molecule has 1 aliphatic rings. The first kappa shape index (κ1) is 14.2. The van der Waals surface area contributed by atoms with Crippen molar-refractivity contribution in [3.05, 3.63) is 23.2 Å². The second-order valence-electron chi connectivity index (χ2n) is 5.24. The Kier molecular flexibility index (Phi) is 4.66. The minimum absolute atomic E-state index is 0.0191. The minimum Gasteiger partial charge on any atom is -0.399 e. The molecule has 1 saturated carbocycles. The molecule has 1 aliphatic carbocycles. The van der Waals surface area contributed by atoms with Gasteiger partial charge in [0.25, 0.3) is 0 Å². The molecule has 0 aromatic heterocycles. The number of nitrogens with two attached hydrogens (primary N) is 1. The molecule has 3 N–H and O–H groups in total. The van der Waals surface area contributed by atoms with E-state index in [2.05, 4.69) is 17.3 Å². The van der Waals surface area contributed by atoms with Crippen LogP contribution in [0.5, 0.6) is 0 Å². The Morgan fingerprint density at radius 1 is 1.53 bits per heavy atom. The SMILES string of the molecule is CN(CCC(=O)Nc1ccc(N)cc1Cl)CC1CC1. The summed E-state index contributed by atoms with van der Waals surface area (Å²) in [5.74, 6) is 0.828. The highest BCUT2D eigenvalue weighted by Crippen LogP contribution is 2.29. The Balaban J connectivity index is 1.76. The lowest BCUT2D eigenvalue weighted by Crippen LogP contribution is -2.26. The van der Waals surface area contributed by atoms with E-state index >= 15 is 0 Å². The maximum absolute atomic E-state index is 11.8. The van der Waals surface area contributed by atoms with Gasteiger partial charge in [0.2, 0.25) is 5.91 Å². The van der Waals surface area contributed by atoms with Crippen molar-refractivity contribution >= 4 is 28.9 Å². The van der Waals surface area contributed by atoms with Crippen LogP contribution in [0.4, 0.5) is 11.4 Å². The number of carbonyl (C=O) groups is 1. The lowest BCUT2D eigenvalue weighted by molar-refractivity contribution is -0.116. The number of rotatable bonds is 6. The lowest BCUT2D eigenvalue weighted by atomic mass is 10.2. The molecule has 1 fully saturated rings. The van der Waals surface area contributed by atoms with Gasteiger partial charge in [-0.05, 0) is 44.0 Å². The predicted molar refractivity (Wildman–Crippen MR) is 79.3 cm³/mol. The van der Waals surface area contributed by atoms with Gasteiger partial charge < -0.3 is 16.0 Å². The van der Waals surface area contributed by atoms with Crippen LogP contribution in [-0.4, -0.2) is 30.9 Å². The molecule has 1 amide bonds. The van der Waals surface area contributed by atoms with Crippen LogP contribution in [0.2, 0.25) is 5.02 Å². The van der Waals surface area contributed by atoms with Crippen LogP contribution >= 0.6 is 11.6 Å². The van der Waals surface area contributed by atoms with Crippen LogP contribution in [0.25, 0.3) is 0 Å². The topological polar surface area (TPSA) is 58.4 Å². The van der Waals surface area contributed by atoms with Gasteiger partial charge in [-0.25, -0.2) is 0 Å².